The second kappa shape index (κ2) is 6.30. The predicted octanol–water partition coefficient (Wildman–Crippen LogP) is 3.01. The lowest BCUT2D eigenvalue weighted by atomic mass is 10.3. The number of halogens is 3. The molecule has 0 unspecified atom stereocenters. The number of nitrogens with zero attached hydrogens (tertiary/aromatic N) is 1. The summed E-state index contributed by atoms with van der Waals surface area (Å²) in [7, 11) is 0. The van der Waals surface area contributed by atoms with E-state index < -0.39 is 0 Å². The minimum absolute atomic E-state index is 0.411. The van der Waals surface area contributed by atoms with Crippen molar-refractivity contribution in [3.8, 4) is 0 Å². The van der Waals surface area contributed by atoms with Crippen LogP contribution in [0.4, 0.5) is 5.69 Å². The summed E-state index contributed by atoms with van der Waals surface area (Å²) in [4.78, 5) is 4.08. The zero-order chi connectivity index (χ0) is 12.1. The standard InChI is InChI=1S/C9H11BrCl2N4/c1-2-14-9(16-13)15-8-6(11)3-5(10)4-7(8)12/h3-4H,2,13H2,1H3,(H2,14,15,16). The zero-order valence-corrected chi connectivity index (χ0v) is 11.6. The van der Waals surface area contributed by atoms with Gasteiger partial charge in [-0.15, -0.1) is 0 Å². The quantitative estimate of drug-likeness (QED) is 0.339. The number of rotatable bonds is 2. The SMILES string of the molecule is CCN=C(NN)Nc1c(Cl)cc(Br)cc1Cl. The number of guanidine groups is 1. The first kappa shape index (κ1) is 13.6. The van der Waals surface area contributed by atoms with Gasteiger partial charge in [0, 0.05) is 11.0 Å². The predicted molar refractivity (Wildman–Crippen MR) is 73.1 cm³/mol. The highest BCUT2D eigenvalue weighted by Gasteiger charge is 2.09. The molecule has 0 atom stereocenters. The number of nitrogens with one attached hydrogen (secondary N) is 2. The molecule has 4 nitrogen and oxygen atoms in total. The van der Waals surface area contributed by atoms with Crippen molar-refractivity contribution >= 4 is 50.8 Å². The zero-order valence-electron chi connectivity index (χ0n) is 8.52. The second-order valence-electron chi connectivity index (χ2n) is 2.84. The van der Waals surface area contributed by atoms with Gasteiger partial charge >= 0.3 is 0 Å². The molecule has 4 N–H and O–H groups in total. The fourth-order valence-electron chi connectivity index (χ4n) is 1.06. The number of hydrogen-bond acceptors (Lipinski definition) is 2. The summed E-state index contributed by atoms with van der Waals surface area (Å²) in [5, 5.41) is 3.89. The van der Waals surface area contributed by atoms with Crippen molar-refractivity contribution in [2.24, 2.45) is 10.8 Å². The third-order valence-corrected chi connectivity index (χ3v) is 2.76. The molecule has 0 amide bonds. The molecule has 0 aliphatic heterocycles. The number of hydrazine groups is 1. The molecule has 0 fully saturated rings. The number of benzene rings is 1. The van der Waals surface area contributed by atoms with Crippen molar-refractivity contribution in [3.63, 3.8) is 0 Å². The van der Waals surface area contributed by atoms with Gasteiger partial charge in [0.1, 0.15) is 0 Å². The summed E-state index contributed by atoms with van der Waals surface area (Å²) in [5.74, 6) is 5.71. The maximum atomic E-state index is 6.04. The van der Waals surface area contributed by atoms with Gasteiger partial charge in [0.2, 0.25) is 5.96 Å². The Morgan fingerprint density at radius 1 is 1.44 bits per heavy atom. The molecule has 0 spiro atoms. The Hall–Kier alpha value is -0.490. The van der Waals surface area contributed by atoms with Crippen LogP contribution in [-0.4, -0.2) is 12.5 Å². The van der Waals surface area contributed by atoms with Gasteiger partial charge in [0.15, 0.2) is 0 Å². The van der Waals surface area contributed by atoms with Crippen molar-refractivity contribution in [2.75, 3.05) is 11.9 Å². The van der Waals surface area contributed by atoms with Crippen LogP contribution in [0.15, 0.2) is 21.6 Å². The molecule has 0 bridgehead atoms. The topological polar surface area (TPSA) is 62.4 Å². The molecule has 1 rings (SSSR count). The highest BCUT2D eigenvalue weighted by Crippen LogP contribution is 2.33. The monoisotopic (exact) mass is 324 g/mol. The van der Waals surface area contributed by atoms with Crippen molar-refractivity contribution in [1.29, 1.82) is 0 Å². The lowest BCUT2D eigenvalue weighted by molar-refractivity contribution is 0.986. The lowest BCUT2D eigenvalue weighted by Gasteiger charge is -2.12. The molecule has 1 aromatic rings. The fourth-order valence-corrected chi connectivity index (χ4v) is 2.36. The van der Waals surface area contributed by atoms with Gasteiger partial charge in [-0.3, -0.25) is 10.4 Å². The van der Waals surface area contributed by atoms with Crippen LogP contribution in [-0.2, 0) is 0 Å². The minimum Gasteiger partial charge on any atom is -0.323 e. The van der Waals surface area contributed by atoms with Crippen LogP contribution in [0.25, 0.3) is 0 Å². The molecule has 0 aliphatic rings. The van der Waals surface area contributed by atoms with E-state index in [1.54, 1.807) is 12.1 Å². The van der Waals surface area contributed by atoms with Gasteiger partial charge in [-0.1, -0.05) is 39.1 Å². The Balaban J connectivity index is 3.01. The molecule has 0 aromatic heterocycles. The van der Waals surface area contributed by atoms with E-state index in [-0.39, 0.29) is 0 Å². The summed E-state index contributed by atoms with van der Waals surface area (Å²) in [6.07, 6.45) is 0. The molecule has 0 saturated carbocycles. The van der Waals surface area contributed by atoms with Crippen molar-refractivity contribution in [1.82, 2.24) is 5.43 Å². The van der Waals surface area contributed by atoms with Gasteiger partial charge in [-0.2, -0.15) is 0 Å². The van der Waals surface area contributed by atoms with E-state index in [1.165, 1.54) is 0 Å². The molecular formula is C9H11BrCl2N4. The van der Waals surface area contributed by atoms with Crippen LogP contribution in [0.1, 0.15) is 6.92 Å². The van der Waals surface area contributed by atoms with E-state index in [0.717, 1.165) is 4.47 Å². The van der Waals surface area contributed by atoms with E-state index in [0.29, 0.717) is 28.2 Å². The number of nitrogens with two attached hydrogens (primary N) is 1. The van der Waals surface area contributed by atoms with Crippen LogP contribution in [0.3, 0.4) is 0 Å². The minimum atomic E-state index is 0.411. The molecule has 16 heavy (non-hydrogen) atoms. The van der Waals surface area contributed by atoms with E-state index in [4.69, 9.17) is 29.0 Å². The first-order valence-corrected chi connectivity index (χ1v) is 6.06. The molecule has 0 heterocycles. The Bertz CT molecular complexity index is 385. The molecule has 88 valence electrons. The maximum Gasteiger partial charge on any atom is 0.210 e. The molecule has 7 heteroatoms. The Morgan fingerprint density at radius 3 is 2.44 bits per heavy atom. The molecule has 1 aromatic carbocycles. The summed E-state index contributed by atoms with van der Waals surface area (Å²) in [6, 6.07) is 3.46. The van der Waals surface area contributed by atoms with Crippen LogP contribution >= 0.6 is 39.1 Å². The Kier molecular flexibility index (Phi) is 5.34. The van der Waals surface area contributed by atoms with Gasteiger partial charge in [-0.25, -0.2) is 5.84 Å². The van der Waals surface area contributed by atoms with Gasteiger partial charge in [-0.05, 0) is 19.1 Å². The smallest absolute Gasteiger partial charge is 0.210 e. The largest absolute Gasteiger partial charge is 0.323 e. The maximum absolute atomic E-state index is 6.04. The summed E-state index contributed by atoms with van der Waals surface area (Å²) in [5.41, 5.74) is 3.00. The Morgan fingerprint density at radius 2 is 2.00 bits per heavy atom. The van der Waals surface area contributed by atoms with Gasteiger partial charge in [0.05, 0.1) is 15.7 Å². The number of hydrogen-bond donors (Lipinski definition) is 3. The molecular weight excluding hydrogens is 315 g/mol. The highest BCUT2D eigenvalue weighted by molar-refractivity contribution is 9.10. The van der Waals surface area contributed by atoms with Crippen molar-refractivity contribution in [2.45, 2.75) is 6.92 Å². The third kappa shape index (κ3) is 3.52. The fraction of sp³-hybridized carbons (Fsp3) is 0.222. The van der Waals surface area contributed by atoms with E-state index in [2.05, 4.69) is 31.7 Å². The van der Waals surface area contributed by atoms with Crippen LogP contribution in [0, 0.1) is 0 Å². The van der Waals surface area contributed by atoms with Crippen LogP contribution < -0.4 is 16.6 Å². The third-order valence-electron chi connectivity index (χ3n) is 1.70. The second-order valence-corrected chi connectivity index (χ2v) is 4.57. The first-order chi connectivity index (χ1) is 7.58. The van der Waals surface area contributed by atoms with E-state index in [9.17, 15) is 0 Å². The molecule has 0 saturated heterocycles. The van der Waals surface area contributed by atoms with Crippen molar-refractivity contribution in [3.05, 3.63) is 26.7 Å². The summed E-state index contributed by atoms with van der Waals surface area (Å²) in [6.45, 7) is 2.49. The highest BCUT2D eigenvalue weighted by atomic mass is 79.9. The Labute approximate surface area is 112 Å². The van der Waals surface area contributed by atoms with Crippen LogP contribution in [0.5, 0.6) is 0 Å². The molecule has 0 aliphatic carbocycles. The van der Waals surface area contributed by atoms with Crippen LogP contribution in [0.2, 0.25) is 10.0 Å². The van der Waals surface area contributed by atoms with Gasteiger partial charge < -0.3 is 5.32 Å². The van der Waals surface area contributed by atoms with E-state index in [1.807, 2.05) is 6.92 Å². The first-order valence-electron chi connectivity index (χ1n) is 4.51. The summed E-state index contributed by atoms with van der Waals surface area (Å²) < 4.78 is 0.808. The van der Waals surface area contributed by atoms with Crippen molar-refractivity contribution < 1.29 is 0 Å². The molecule has 0 radical (unpaired) electrons. The average molecular weight is 326 g/mol. The number of anilines is 1. The normalized spacial score (nSPS) is 11.4. The van der Waals surface area contributed by atoms with Gasteiger partial charge in [0.25, 0.3) is 0 Å². The van der Waals surface area contributed by atoms with E-state index >= 15 is 0 Å². The average Bonchev–Trinajstić information content (AvgIpc) is 2.21. The lowest BCUT2D eigenvalue weighted by Crippen LogP contribution is -2.36. The summed E-state index contributed by atoms with van der Waals surface area (Å²) >= 11 is 15.4. The number of aliphatic imine (C=N–C) groups is 1.